The van der Waals surface area contributed by atoms with Gasteiger partial charge in [0.05, 0.1) is 19.3 Å². The molecule has 8 nitrogen and oxygen atoms in total. The summed E-state index contributed by atoms with van der Waals surface area (Å²) < 4.78 is 5.23. The largest absolute Gasteiger partial charge is 0.481 e. The molecule has 2 aliphatic rings. The van der Waals surface area contributed by atoms with Crippen molar-refractivity contribution < 1.29 is 19.4 Å². The van der Waals surface area contributed by atoms with Crippen molar-refractivity contribution in [3.63, 3.8) is 0 Å². The lowest BCUT2D eigenvalue weighted by Crippen LogP contribution is -2.46. The number of aromatic amines is 1. The van der Waals surface area contributed by atoms with Crippen molar-refractivity contribution >= 4 is 11.9 Å². The van der Waals surface area contributed by atoms with Gasteiger partial charge in [0.25, 0.3) is 5.91 Å². The maximum Gasteiger partial charge on any atom is 0.311 e. The van der Waals surface area contributed by atoms with Crippen LogP contribution in [0.4, 0.5) is 0 Å². The van der Waals surface area contributed by atoms with Gasteiger partial charge in [-0.1, -0.05) is 0 Å². The first-order valence-corrected chi connectivity index (χ1v) is 7.15. The van der Waals surface area contributed by atoms with Gasteiger partial charge in [-0.2, -0.15) is 0 Å². The molecule has 2 fully saturated rings. The van der Waals surface area contributed by atoms with Gasteiger partial charge in [-0.05, 0) is 19.8 Å². The summed E-state index contributed by atoms with van der Waals surface area (Å²) in [6.45, 7) is 2.56. The Labute approximate surface area is 121 Å². The fourth-order valence-electron chi connectivity index (χ4n) is 2.65. The highest BCUT2D eigenvalue weighted by molar-refractivity contribution is 5.91. The van der Waals surface area contributed by atoms with Crippen LogP contribution in [0.2, 0.25) is 0 Å². The SMILES string of the molecule is CCN(C(=O)c1n[nH]c(C2CC2)n1)C1COCC1C(=O)O. The lowest BCUT2D eigenvalue weighted by molar-refractivity contribution is -0.142. The molecule has 0 radical (unpaired) electrons. The Bertz CT molecular complexity index is 554. The van der Waals surface area contributed by atoms with Crippen molar-refractivity contribution in [2.24, 2.45) is 5.92 Å². The summed E-state index contributed by atoms with van der Waals surface area (Å²) in [7, 11) is 0. The number of aromatic nitrogens is 3. The zero-order chi connectivity index (χ0) is 15.0. The Hall–Kier alpha value is -1.96. The number of aliphatic carboxylic acids is 1. The van der Waals surface area contributed by atoms with Crippen LogP contribution in [0.1, 0.15) is 42.1 Å². The third-order valence-corrected chi connectivity index (χ3v) is 4.03. The fraction of sp³-hybridized carbons (Fsp3) is 0.692. The minimum atomic E-state index is -0.947. The van der Waals surface area contributed by atoms with Crippen LogP contribution in [0.15, 0.2) is 0 Å². The lowest BCUT2D eigenvalue weighted by Gasteiger charge is -2.28. The van der Waals surface area contributed by atoms with Gasteiger partial charge in [-0.3, -0.25) is 14.7 Å². The second-order valence-electron chi connectivity index (χ2n) is 5.46. The van der Waals surface area contributed by atoms with Crippen LogP contribution in [0.3, 0.4) is 0 Å². The van der Waals surface area contributed by atoms with Crippen LogP contribution < -0.4 is 0 Å². The quantitative estimate of drug-likeness (QED) is 0.805. The highest BCUT2D eigenvalue weighted by Crippen LogP contribution is 2.37. The average molecular weight is 294 g/mol. The van der Waals surface area contributed by atoms with Crippen LogP contribution in [0.25, 0.3) is 0 Å². The first-order chi connectivity index (χ1) is 10.1. The van der Waals surface area contributed by atoms with Gasteiger partial charge in [0.2, 0.25) is 5.82 Å². The summed E-state index contributed by atoms with van der Waals surface area (Å²) in [5.41, 5.74) is 0. The molecule has 8 heteroatoms. The van der Waals surface area contributed by atoms with E-state index in [0.29, 0.717) is 12.5 Å². The van der Waals surface area contributed by atoms with E-state index in [4.69, 9.17) is 4.74 Å². The summed E-state index contributed by atoms with van der Waals surface area (Å²) in [5.74, 6) is -0.757. The van der Waals surface area contributed by atoms with E-state index >= 15 is 0 Å². The number of nitrogens with zero attached hydrogens (tertiary/aromatic N) is 3. The minimum absolute atomic E-state index is 0.106. The van der Waals surface area contributed by atoms with E-state index in [2.05, 4.69) is 15.2 Å². The summed E-state index contributed by atoms with van der Waals surface area (Å²) >= 11 is 0. The second kappa shape index (κ2) is 5.44. The van der Waals surface area contributed by atoms with Gasteiger partial charge in [0.1, 0.15) is 11.7 Å². The second-order valence-corrected chi connectivity index (χ2v) is 5.46. The molecule has 2 N–H and O–H groups in total. The molecule has 1 saturated carbocycles. The highest BCUT2D eigenvalue weighted by Gasteiger charge is 2.40. The summed E-state index contributed by atoms with van der Waals surface area (Å²) in [4.78, 5) is 29.5. The third-order valence-electron chi connectivity index (χ3n) is 4.03. The number of likely N-dealkylation sites (N-methyl/N-ethyl adjacent to an activating group) is 1. The molecule has 21 heavy (non-hydrogen) atoms. The monoisotopic (exact) mass is 294 g/mol. The Morgan fingerprint density at radius 2 is 2.19 bits per heavy atom. The molecule has 1 amide bonds. The van der Waals surface area contributed by atoms with Gasteiger partial charge in [-0.25, -0.2) is 4.98 Å². The van der Waals surface area contributed by atoms with Crippen LogP contribution in [-0.2, 0) is 9.53 Å². The molecular weight excluding hydrogens is 276 g/mol. The number of rotatable bonds is 5. The molecule has 2 unspecified atom stereocenters. The number of hydrogen-bond acceptors (Lipinski definition) is 5. The molecule has 1 aromatic heterocycles. The van der Waals surface area contributed by atoms with Crippen molar-refractivity contribution in [3.05, 3.63) is 11.6 Å². The van der Waals surface area contributed by atoms with Gasteiger partial charge >= 0.3 is 5.97 Å². The predicted octanol–water partition coefficient (Wildman–Crippen LogP) is 0.244. The van der Waals surface area contributed by atoms with E-state index in [-0.39, 0.29) is 24.9 Å². The van der Waals surface area contributed by atoms with Crippen molar-refractivity contribution in [2.45, 2.75) is 31.7 Å². The standard InChI is InChI=1S/C13H18N4O4/c1-2-17(9-6-21-5-8(9)13(19)20)12(18)11-14-10(15-16-11)7-3-4-7/h7-9H,2-6H2,1H3,(H,19,20)(H,14,15,16). The smallest absolute Gasteiger partial charge is 0.311 e. The van der Waals surface area contributed by atoms with Crippen LogP contribution in [-0.4, -0.2) is 62.9 Å². The van der Waals surface area contributed by atoms with Crippen LogP contribution >= 0.6 is 0 Å². The Balaban J connectivity index is 1.77. The third kappa shape index (κ3) is 2.63. The molecule has 2 heterocycles. The average Bonchev–Trinajstić information content (AvgIpc) is 3.02. The van der Waals surface area contributed by atoms with Gasteiger partial charge in [-0.15, -0.1) is 5.10 Å². The number of nitrogens with one attached hydrogen (secondary N) is 1. The van der Waals surface area contributed by atoms with Gasteiger partial charge in [0, 0.05) is 12.5 Å². The molecule has 1 saturated heterocycles. The Morgan fingerprint density at radius 3 is 2.81 bits per heavy atom. The van der Waals surface area contributed by atoms with E-state index in [9.17, 15) is 14.7 Å². The Morgan fingerprint density at radius 1 is 1.43 bits per heavy atom. The Kier molecular flexibility index (Phi) is 3.62. The van der Waals surface area contributed by atoms with Crippen LogP contribution in [0.5, 0.6) is 0 Å². The fourth-order valence-corrected chi connectivity index (χ4v) is 2.65. The molecule has 0 bridgehead atoms. The van der Waals surface area contributed by atoms with Crippen molar-refractivity contribution in [2.75, 3.05) is 19.8 Å². The van der Waals surface area contributed by atoms with E-state index < -0.39 is 17.9 Å². The number of amides is 1. The molecule has 1 aromatic rings. The topological polar surface area (TPSA) is 108 Å². The molecule has 0 spiro atoms. The number of carbonyl (C=O) groups excluding carboxylic acids is 1. The van der Waals surface area contributed by atoms with Crippen molar-refractivity contribution in [1.82, 2.24) is 20.1 Å². The van der Waals surface area contributed by atoms with E-state index in [0.717, 1.165) is 18.7 Å². The first-order valence-electron chi connectivity index (χ1n) is 7.15. The zero-order valence-electron chi connectivity index (χ0n) is 11.8. The number of H-pyrrole nitrogens is 1. The summed E-state index contributed by atoms with van der Waals surface area (Å²) in [6, 6.07) is -0.470. The predicted molar refractivity (Wildman–Crippen MR) is 70.8 cm³/mol. The van der Waals surface area contributed by atoms with E-state index in [1.54, 1.807) is 0 Å². The summed E-state index contributed by atoms with van der Waals surface area (Å²) in [5, 5.41) is 16.0. The maximum atomic E-state index is 12.5. The normalized spacial score (nSPS) is 25.0. The number of carbonyl (C=O) groups is 2. The van der Waals surface area contributed by atoms with E-state index in [1.807, 2.05) is 6.92 Å². The van der Waals surface area contributed by atoms with E-state index in [1.165, 1.54) is 4.90 Å². The lowest BCUT2D eigenvalue weighted by atomic mass is 10.0. The molecule has 2 atom stereocenters. The molecule has 3 rings (SSSR count). The molecular formula is C13H18N4O4. The van der Waals surface area contributed by atoms with Gasteiger partial charge in [0.15, 0.2) is 0 Å². The maximum absolute atomic E-state index is 12.5. The molecule has 1 aliphatic carbocycles. The number of ether oxygens (including phenoxy) is 1. The highest BCUT2D eigenvalue weighted by atomic mass is 16.5. The van der Waals surface area contributed by atoms with Crippen molar-refractivity contribution in [1.29, 1.82) is 0 Å². The zero-order valence-corrected chi connectivity index (χ0v) is 11.8. The number of carboxylic acid groups (broad SMARTS) is 1. The van der Waals surface area contributed by atoms with Gasteiger partial charge < -0.3 is 14.7 Å². The number of hydrogen-bond donors (Lipinski definition) is 2. The molecule has 0 aromatic carbocycles. The molecule has 1 aliphatic heterocycles. The van der Waals surface area contributed by atoms with Crippen molar-refractivity contribution in [3.8, 4) is 0 Å². The molecule has 114 valence electrons. The summed E-state index contributed by atoms with van der Waals surface area (Å²) in [6.07, 6.45) is 2.13. The first kappa shape index (κ1) is 14.0. The van der Waals surface area contributed by atoms with Crippen LogP contribution in [0, 0.1) is 5.92 Å². The number of carboxylic acids is 1. The minimum Gasteiger partial charge on any atom is -0.481 e.